The number of carbonyl (C=O) groups excluding carboxylic acids is 1. The monoisotopic (exact) mass is 404 g/mol. The van der Waals surface area contributed by atoms with Crippen LogP contribution in [0.15, 0.2) is 18.3 Å². The summed E-state index contributed by atoms with van der Waals surface area (Å²) in [7, 11) is 0. The molecule has 0 spiro atoms. The molecular weight excluding hydrogens is 372 g/mol. The van der Waals surface area contributed by atoms with Crippen LogP contribution in [0.25, 0.3) is 11.0 Å². The van der Waals surface area contributed by atoms with Crippen LogP contribution in [0.1, 0.15) is 58.8 Å². The van der Waals surface area contributed by atoms with Crippen LogP contribution in [0.4, 0.5) is 11.8 Å². The van der Waals surface area contributed by atoms with Crippen LogP contribution in [0, 0.1) is 0 Å². The minimum absolute atomic E-state index is 0. The largest absolute Gasteiger partial charge is 0.368 e. The molecule has 1 unspecified atom stereocenters. The van der Waals surface area contributed by atoms with Crippen molar-refractivity contribution in [2.24, 2.45) is 0 Å². The van der Waals surface area contributed by atoms with Crippen LogP contribution in [-0.4, -0.2) is 38.9 Å². The van der Waals surface area contributed by atoms with Crippen LogP contribution >= 0.6 is 13.5 Å². The molecule has 0 radical (unpaired) electrons. The van der Waals surface area contributed by atoms with Crippen LogP contribution in [-0.2, 0) is 4.79 Å². The summed E-state index contributed by atoms with van der Waals surface area (Å²) in [6.45, 7) is 5.28. The highest BCUT2D eigenvalue weighted by Crippen LogP contribution is 2.29. The summed E-state index contributed by atoms with van der Waals surface area (Å²) in [5.74, 6) is 1.17. The molecule has 1 aliphatic heterocycles. The fourth-order valence-electron chi connectivity index (χ4n) is 3.71. The van der Waals surface area contributed by atoms with Crippen LogP contribution in [0.3, 0.4) is 0 Å². The van der Waals surface area contributed by atoms with Gasteiger partial charge in [0.05, 0.1) is 11.6 Å². The molecule has 0 saturated carbocycles. The van der Waals surface area contributed by atoms with Gasteiger partial charge >= 0.3 is 0 Å². The molecule has 1 saturated heterocycles. The van der Waals surface area contributed by atoms with Gasteiger partial charge in [-0.05, 0) is 51.3 Å². The highest BCUT2D eigenvalue weighted by Gasteiger charge is 2.29. The predicted octanol–water partition coefficient (Wildman–Crippen LogP) is 3.18. The van der Waals surface area contributed by atoms with Crippen LogP contribution < -0.4 is 16.4 Å². The first-order valence-electron chi connectivity index (χ1n) is 9.93. The maximum absolute atomic E-state index is 12.5. The Bertz CT molecular complexity index is 795. The van der Waals surface area contributed by atoms with E-state index in [1.165, 1.54) is 0 Å². The normalized spacial score (nSPS) is 18.4. The van der Waals surface area contributed by atoms with Gasteiger partial charge in [-0.3, -0.25) is 9.78 Å². The lowest BCUT2D eigenvalue weighted by Crippen LogP contribution is -2.38. The Morgan fingerprint density at radius 2 is 2.21 bits per heavy atom. The third-order valence-corrected chi connectivity index (χ3v) is 5.35. The number of anilines is 2. The summed E-state index contributed by atoms with van der Waals surface area (Å²) in [5.41, 5.74) is 7.07. The molecule has 0 aliphatic carbocycles. The Morgan fingerprint density at radius 1 is 1.39 bits per heavy atom. The summed E-state index contributed by atoms with van der Waals surface area (Å²) >= 11 is 0. The molecule has 1 aliphatic rings. The maximum atomic E-state index is 12.5. The lowest BCUT2D eigenvalue weighted by Gasteiger charge is -2.32. The van der Waals surface area contributed by atoms with Gasteiger partial charge in [0.2, 0.25) is 5.95 Å². The lowest BCUT2D eigenvalue weighted by atomic mass is 9.87. The summed E-state index contributed by atoms with van der Waals surface area (Å²) in [4.78, 5) is 25.6. The number of nitrogens with zero attached hydrogens (tertiary/aromatic N) is 3. The maximum Gasteiger partial charge on any atom is 0.222 e. The van der Waals surface area contributed by atoms with Gasteiger partial charge in [-0.25, -0.2) is 4.98 Å². The first-order valence-corrected chi connectivity index (χ1v) is 9.93. The Morgan fingerprint density at radius 3 is 2.93 bits per heavy atom. The number of hydrogen-bond acceptors (Lipinski definition) is 7. The molecule has 28 heavy (non-hydrogen) atoms. The van der Waals surface area contributed by atoms with Crippen molar-refractivity contribution in [3.05, 3.63) is 18.3 Å². The van der Waals surface area contributed by atoms with Gasteiger partial charge in [0.1, 0.15) is 11.3 Å². The number of pyridine rings is 1. The van der Waals surface area contributed by atoms with E-state index in [0.29, 0.717) is 23.5 Å². The molecule has 0 amide bonds. The zero-order valence-electron chi connectivity index (χ0n) is 16.8. The minimum atomic E-state index is -0.254. The van der Waals surface area contributed by atoms with E-state index < -0.39 is 0 Å². The first kappa shape index (κ1) is 22.4. The summed E-state index contributed by atoms with van der Waals surface area (Å²) < 4.78 is 0. The first-order chi connectivity index (χ1) is 13.0. The Hall–Kier alpha value is -1.93. The molecule has 154 valence electrons. The fourth-order valence-corrected chi connectivity index (χ4v) is 3.71. The average molecular weight is 405 g/mol. The number of nitrogens with one attached hydrogen (secondary N) is 2. The predicted molar refractivity (Wildman–Crippen MR) is 119 cm³/mol. The second kappa shape index (κ2) is 10.0. The van der Waals surface area contributed by atoms with E-state index in [4.69, 9.17) is 5.73 Å². The molecule has 2 aromatic rings. The van der Waals surface area contributed by atoms with Gasteiger partial charge in [-0.15, -0.1) is 0 Å². The number of nitrogens with two attached hydrogens (primary N) is 1. The molecule has 2 atom stereocenters. The summed E-state index contributed by atoms with van der Waals surface area (Å²) in [6, 6.07) is 3.74. The molecule has 2 aromatic heterocycles. The number of unbranched alkanes of at least 4 members (excludes halogenated alkanes) is 1. The van der Waals surface area contributed by atoms with Gasteiger partial charge in [0, 0.05) is 18.2 Å². The summed E-state index contributed by atoms with van der Waals surface area (Å²) in [6.07, 6.45) is 8.19. The zero-order chi connectivity index (χ0) is 19.3. The van der Waals surface area contributed by atoms with E-state index >= 15 is 0 Å². The summed E-state index contributed by atoms with van der Waals surface area (Å²) in [5, 5.41) is 6.85. The van der Waals surface area contributed by atoms with Crippen LogP contribution in [0.2, 0.25) is 0 Å². The SMILES string of the molecule is CCCCC(C)(CCC(=O)[C@@H]1CCCN1)Nc1nc(N)nc2cccnc12.S. The van der Waals surface area contributed by atoms with E-state index in [9.17, 15) is 4.79 Å². The zero-order valence-corrected chi connectivity index (χ0v) is 17.8. The van der Waals surface area contributed by atoms with E-state index in [0.717, 1.165) is 50.6 Å². The van der Waals surface area contributed by atoms with E-state index in [1.54, 1.807) is 6.20 Å². The number of carbonyl (C=O) groups is 1. The number of hydrogen-bond donors (Lipinski definition) is 3. The molecule has 1 fully saturated rings. The minimum Gasteiger partial charge on any atom is -0.368 e. The topological polar surface area (TPSA) is 106 Å². The fraction of sp³-hybridized carbons (Fsp3) is 0.600. The van der Waals surface area contributed by atoms with Crippen molar-refractivity contribution >= 4 is 42.1 Å². The lowest BCUT2D eigenvalue weighted by molar-refractivity contribution is -0.121. The second-order valence-electron chi connectivity index (χ2n) is 7.71. The van der Waals surface area contributed by atoms with Crippen molar-refractivity contribution < 1.29 is 4.79 Å². The van der Waals surface area contributed by atoms with Gasteiger partial charge in [-0.2, -0.15) is 18.5 Å². The molecule has 7 nitrogen and oxygen atoms in total. The van der Waals surface area contributed by atoms with E-state index in [-0.39, 0.29) is 31.0 Å². The Labute approximate surface area is 173 Å². The quantitative estimate of drug-likeness (QED) is 0.589. The van der Waals surface area contributed by atoms with Gasteiger partial charge < -0.3 is 16.4 Å². The highest BCUT2D eigenvalue weighted by atomic mass is 32.1. The van der Waals surface area contributed by atoms with Crippen molar-refractivity contribution in [3.8, 4) is 0 Å². The van der Waals surface area contributed by atoms with Crippen LogP contribution in [0.5, 0.6) is 0 Å². The molecular formula is C20H32N6OS. The number of nitrogen functional groups attached to an aromatic ring is 1. The van der Waals surface area contributed by atoms with Crippen molar-refractivity contribution in [2.45, 2.75) is 70.4 Å². The van der Waals surface area contributed by atoms with Crippen molar-refractivity contribution in [2.75, 3.05) is 17.6 Å². The van der Waals surface area contributed by atoms with Crippen molar-refractivity contribution in [1.82, 2.24) is 20.3 Å². The van der Waals surface area contributed by atoms with Gasteiger partial charge in [-0.1, -0.05) is 19.8 Å². The smallest absolute Gasteiger partial charge is 0.222 e. The van der Waals surface area contributed by atoms with Crippen molar-refractivity contribution in [3.63, 3.8) is 0 Å². The molecule has 3 heterocycles. The highest BCUT2D eigenvalue weighted by molar-refractivity contribution is 7.59. The third kappa shape index (κ3) is 5.54. The van der Waals surface area contributed by atoms with Crippen molar-refractivity contribution in [1.29, 1.82) is 0 Å². The molecule has 0 bridgehead atoms. The number of fused-ring (bicyclic) bond motifs is 1. The van der Waals surface area contributed by atoms with Gasteiger partial charge in [0.25, 0.3) is 0 Å². The number of aromatic nitrogens is 3. The van der Waals surface area contributed by atoms with E-state index in [2.05, 4.69) is 39.4 Å². The van der Waals surface area contributed by atoms with E-state index in [1.807, 2.05) is 12.1 Å². The molecule has 4 N–H and O–H groups in total. The average Bonchev–Trinajstić information content (AvgIpc) is 3.19. The molecule has 0 aromatic carbocycles. The number of ketones is 1. The second-order valence-corrected chi connectivity index (χ2v) is 7.71. The third-order valence-electron chi connectivity index (χ3n) is 5.35. The Balaban J connectivity index is 0.00000280. The number of Topliss-reactive ketones (excluding diaryl/α,β-unsaturated/α-hetero) is 1. The standard InChI is InChI=1S/C20H30N6O.H2S/c1-3-4-10-20(2,11-9-16(27)14-7-5-12-22-14)26-18-17-15(8-6-13-23-17)24-19(21)25-18;/h6,8,13-14,22H,3-5,7,9-12H2,1-2H3,(H3,21,24,25,26);1H2/t14-,20?;/m0./s1. The molecule has 3 rings (SSSR count). The van der Waals surface area contributed by atoms with Gasteiger partial charge in [0.15, 0.2) is 5.82 Å². The molecule has 8 heteroatoms. The Kier molecular flexibility index (Phi) is 8.00. The number of rotatable bonds is 9.